The first-order valence-electron chi connectivity index (χ1n) is 11.3. The molecule has 184 valence electrons. The Balaban J connectivity index is 0.00000176. The molecule has 0 aliphatic rings. The van der Waals surface area contributed by atoms with E-state index in [1.54, 1.807) is 30.1 Å². The van der Waals surface area contributed by atoms with Crippen molar-refractivity contribution in [2.24, 2.45) is 5.73 Å². The number of primary amides is 1. The first kappa shape index (κ1) is 27.3. The van der Waals surface area contributed by atoms with E-state index in [0.29, 0.717) is 15.7 Å². The van der Waals surface area contributed by atoms with Crippen LogP contribution in [0.25, 0.3) is 28.1 Å². The van der Waals surface area contributed by atoms with Crippen LogP contribution in [0.5, 0.6) is 0 Å². The fourth-order valence-corrected chi connectivity index (χ4v) is 4.53. The van der Waals surface area contributed by atoms with Gasteiger partial charge >= 0.3 is 0 Å². The number of benzene rings is 3. The van der Waals surface area contributed by atoms with E-state index in [1.165, 1.54) is 0 Å². The zero-order chi connectivity index (χ0) is 26.2. The first-order valence-corrected chi connectivity index (χ1v) is 13.3. The van der Waals surface area contributed by atoms with Gasteiger partial charge in [0.1, 0.15) is 0 Å². The molecular formula is C29H27Cl2N3OS. The predicted molar refractivity (Wildman–Crippen MR) is 156 cm³/mol. The van der Waals surface area contributed by atoms with Crippen LogP contribution in [0, 0.1) is 0 Å². The molecule has 3 N–H and O–H groups in total. The highest BCUT2D eigenvalue weighted by Gasteiger charge is 2.14. The van der Waals surface area contributed by atoms with Gasteiger partial charge in [-0.2, -0.15) is 0 Å². The smallest absolute Gasteiger partial charge is 0.250 e. The van der Waals surface area contributed by atoms with Gasteiger partial charge in [-0.05, 0) is 72.0 Å². The highest BCUT2D eigenvalue weighted by molar-refractivity contribution is 7.98. The third-order valence-corrected chi connectivity index (χ3v) is 6.67. The molecule has 0 unspecified atom stereocenters. The molecule has 1 amide bonds. The maximum absolute atomic E-state index is 11.6. The quantitative estimate of drug-likeness (QED) is 0.232. The van der Waals surface area contributed by atoms with E-state index >= 15 is 0 Å². The van der Waals surface area contributed by atoms with E-state index < -0.39 is 5.91 Å². The summed E-state index contributed by atoms with van der Waals surface area (Å²) in [5.41, 5.74) is 11.5. The summed E-state index contributed by atoms with van der Waals surface area (Å²) in [5, 5.41) is 4.31. The minimum absolute atomic E-state index is 0.285. The molecule has 0 bridgehead atoms. The molecule has 4 rings (SSSR count). The lowest BCUT2D eigenvalue weighted by Gasteiger charge is -2.17. The molecule has 4 nitrogen and oxygen atoms in total. The Hall–Kier alpha value is -3.25. The number of halogens is 2. The number of hydrogen-bond acceptors (Lipinski definition) is 4. The van der Waals surface area contributed by atoms with Crippen LogP contribution in [0.3, 0.4) is 0 Å². The van der Waals surface area contributed by atoms with Crippen LogP contribution in [0.4, 0.5) is 5.69 Å². The lowest BCUT2D eigenvalue weighted by Crippen LogP contribution is -2.11. The number of pyridine rings is 1. The second-order valence-electron chi connectivity index (χ2n) is 7.48. The van der Waals surface area contributed by atoms with Gasteiger partial charge in [0, 0.05) is 33.6 Å². The van der Waals surface area contributed by atoms with Crippen molar-refractivity contribution in [3.63, 3.8) is 0 Å². The third kappa shape index (κ3) is 6.30. The summed E-state index contributed by atoms with van der Waals surface area (Å²) in [6.45, 7) is 8.28. The molecule has 0 aliphatic heterocycles. The van der Waals surface area contributed by atoms with E-state index in [1.807, 2.05) is 74.7 Å². The monoisotopic (exact) mass is 535 g/mol. The zero-order valence-corrected chi connectivity index (χ0v) is 22.6. The summed E-state index contributed by atoms with van der Waals surface area (Å²) in [5.74, 6) is -0.563. The number of rotatable bonds is 7. The number of carbonyl (C=O) groups is 1. The van der Waals surface area contributed by atoms with Gasteiger partial charge in [0.25, 0.3) is 0 Å². The molecule has 0 saturated heterocycles. The first-order chi connectivity index (χ1) is 17.4. The predicted octanol–water partition coefficient (Wildman–Crippen LogP) is 8.65. The van der Waals surface area contributed by atoms with Gasteiger partial charge in [-0.1, -0.05) is 61.8 Å². The highest BCUT2D eigenvalue weighted by Crippen LogP contribution is 2.36. The Morgan fingerprint density at radius 3 is 2.31 bits per heavy atom. The molecule has 4 aromatic rings. The second kappa shape index (κ2) is 12.6. The number of hydrogen-bond donors (Lipinski definition) is 2. The average Bonchev–Trinajstić information content (AvgIpc) is 2.90. The van der Waals surface area contributed by atoms with Crippen LogP contribution < -0.4 is 11.1 Å². The normalized spacial score (nSPS) is 10.2. The maximum atomic E-state index is 11.6. The van der Waals surface area contributed by atoms with Crippen molar-refractivity contribution >= 4 is 52.3 Å². The second-order valence-corrected chi connectivity index (χ2v) is 9.18. The fraction of sp³-hybridized carbons (Fsp3) is 0.103. The van der Waals surface area contributed by atoms with Crippen molar-refractivity contribution in [1.82, 2.24) is 4.98 Å². The number of amides is 1. The van der Waals surface area contributed by atoms with Gasteiger partial charge in [0.15, 0.2) is 0 Å². The van der Waals surface area contributed by atoms with Crippen LogP contribution in [0.1, 0.15) is 29.8 Å². The molecule has 0 saturated carbocycles. The molecule has 1 aromatic heterocycles. The number of carbonyl (C=O) groups excluding carboxylic acids is 1. The van der Waals surface area contributed by atoms with Crippen LogP contribution in [-0.2, 0) is 0 Å². The zero-order valence-electron chi connectivity index (χ0n) is 20.3. The van der Waals surface area contributed by atoms with Gasteiger partial charge in [-0.25, -0.2) is 0 Å². The van der Waals surface area contributed by atoms with Gasteiger partial charge in [0.05, 0.1) is 21.3 Å². The Morgan fingerprint density at radius 1 is 0.917 bits per heavy atom. The summed E-state index contributed by atoms with van der Waals surface area (Å²) < 4.78 is 0. The molecule has 1 heterocycles. The average molecular weight is 537 g/mol. The van der Waals surface area contributed by atoms with Crippen molar-refractivity contribution in [2.45, 2.75) is 18.7 Å². The number of anilines is 1. The van der Waals surface area contributed by atoms with Crippen molar-refractivity contribution < 1.29 is 4.79 Å². The van der Waals surface area contributed by atoms with E-state index in [9.17, 15) is 4.79 Å². The van der Waals surface area contributed by atoms with E-state index in [2.05, 4.69) is 22.9 Å². The van der Waals surface area contributed by atoms with E-state index in [4.69, 9.17) is 28.9 Å². The number of nitrogens with two attached hydrogens (primary N) is 1. The summed E-state index contributed by atoms with van der Waals surface area (Å²) >= 11 is 14.4. The standard InChI is InChI=1S/C27H21Cl2N3OS.C2H6/c1-16(32-18-7-11-24(28)23(14-18)26-5-3-4-12-31-26)20-10-8-19(34-2)15-22(20)17-6-9-21(27(30)33)25(29)13-17;1-2/h3-15,32H,1H2,2H3,(H2,30,33);1-2H3. The molecule has 0 aliphatic carbocycles. The molecular weight excluding hydrogens is 509 g/mol. The maximum Gasteiger partial charge on any atom is 0.250 e. The minimum atomic E-state index is -0.563. The molecule has 3 aromatic carbocycles. The van der Waals surface area contributed by atoms with Crippen molar-refractivity contribution in [2.75, 3.05) is 11.6 Å². The van der Waals surface area contributed by atoms with Crippen LogP contribution in [0.2, 0.25) is 10.0 Å². The third-order valence-electron chi connectivity index (χ3n) is 5.30. The molecule has 0 radical (unpaired) electrons. The number of nitrogens with zero attached hydrogens (tertiary/aromatic N) is 1. The molecule has 36 heavy (non-hydrogen) atoms. The van der Waals surface area contributed by atoms with Crippen LogP contribution >= 0.6 is 35.0 Å². The van der Waals surface area contributed by atoms with Crippen LogP contribution in [0.15, 0.2) is 90.5 Å². The fourth-order valence-electron chi connectivity index (χ4n) is 3.60. The summed E-state index contributed by atoms with van der Waals surface area (Å²) in [4.78, 5) is 17.1. The number of aromatic nitrogens is 1. The topological polar surface area (TPSA) is 68.0 Å². The van der Waals surface area contributed by atoms with E-state index in [-0.39, 0.29) is 5.56 Å². The Kier molecular flexibility index (Phi) is 9.59. The van der Waals surface area contributed by atoms with Gasteiger partial charge in [-0.3, -0.25) is 9.78 Å². The van der Waals surface area contributed by atoms with Crippen LogP contribution in [-0.4, -0.2) is 17.1 Å². The van der Waals surface area contributed by atoms with Crippen molar-refractivity contribution in [3.05, 3.63) is 107 Å². The molecule has 0 fully saturated rings. The lowest BCUT2D eigenvalue weighted by molar-refractivity contribution is 0.100. The lowest BCUT2D eigenvalue weighted by atomic mass is 9.96. The number of thioether (sulfide) groups is 1. The minimum Gasteiger partial charge on any atom is -0.366 e. The highest BCUT2D eigenvalue weighted by atomic mass is 35.5. The Bertz CT molecular complexity index is 1390. The van der Waals surface area contributed by atoms with Gasteiger partial charge in [0.2, 0.25) is 5.91 Å². The summed E-state index contributed by atoms with van der Waals surface area (Å²) in [6.07, 6.45) is 3.75. The Labute approximate surface area is 226 Å². The molecule has 0 spiro atoms. The van der Waals surface area contributed by atoms with E-state index in [0.717, 1.165) is 38.5 Å². The number of nitrogens with one attached hydrogen (secondary N) is 1. The van der Waals surface area contributed by atoms with Crippen molar-refractivity contribution in [3.8, 4) is 22.4 Å². The SMILES string of the molecule is C=C(Nc1ccc(Cl)c(-c2ccccn2)c1)c1ccc(SC)cc1-c1ccc(C(N)=O)c(Cl)c1.CC. The van der Waals surface area contributed by atoms with Gasteiger partial charge < -0.3 is 11.1 Å². The van der Waals surface area contributed by atoms with Crippen molar-refractivity contribution in [1.29, 1.82) is 0 Å². The molecule has 0 atom stereocenters. The van der Waals surface area contributed by atoms with Gasteiger partial charge in [-0.15, -0.1) is 11.8 Å². The summed E-state index contributed by atoms with van der Waals surface area (Å²) in [6, 6.07) is 22.7. The largest absolute Gasteiger partial charge is 0.366 e. The molecule has 7 heteroatoms. The summed E-state index contributed by atoms with van der Waals surface area (Å²) in [7, 11) is 0. The Morgan fingerprint density at radius 2 is 1.67 bits per heavy atom.